The molecule has 0 aromatic rings. The first-order valence-corrected chi connectivity index (χ1v) is 8.04. The molecule has 1 unspecified atom stereocenters. The van der Waals surface area contributed by atoms with Crippen LogP contribution in [0.5, 0.6) is 0 Å². The number of rotatable bonds is 7. The number of nitrogens with zero attached hydrogens (tertiary/aromatic N) is 4. The second kappa shape index (κ2) is 11.7. The molecule has 1 atom stereocenters. The standard InChI is InChI=1S/C16H31N5O.HI/c1-6-10-17-16(18-12-15(22)19(3)4)20(5)13-14-9-8-11-21(14)7-2;/h6,14H,1,7-13H2,2-5H3,(H,17,18);1H. The molecule has 0 aliphatic carbocycles. The third-order valence-electron chi connectivity index (χ3n) is 4.02. The molecule has 1 rings (SSSR count). The largest absolute Gasteiger partial charge is 0.353 e. The Morgan fingerprint density at radius 3 is 2.70 bits per heavy atom. The van der Waals surface area contributed by atoms with Crippen LogP contribution >= 0.6 is 24.0 Å². The molecule has 134 valence electrons. The van der Waals surface area contributed by atoms with Crippen LogP contribution < -0.4 is 5.32 Å². The summed E-state index contributed by atoms with van der Waals surface area (Å²) in [4.78, 5) is 22.4. The first kappa shape index (κ1) is 22.2. The number of carbonyl (C=O) groups is 1. The molecular formula is C16H32IN5O. The molecule has 0 aromatic heterocycles. The van der Waals surface area contributed by atoms with Crippen LogP contribution in [0.15, 0.2) is 17.6 Å². The first-order chi connectivity index (χ1) is 10.5. The predicted octanol–water partition coefficient (Wildman–Crippen LogP) is 1.24. The number of likely N-dealkylation sites (N-methyl/N-ethyl adjacent to an activating group) is 3. The zero-order valence-corrected chi connectivity index (χ0v) is 17.2. The summed E-state index contributed by atoms with van der Waals surface area (Å²) in [6.45, 7) is 9.93. The van der Waals surface area contributed by atoms with Gasteiger partial charge in [0.1, 0.15) is 6.54 Å². The molecule has 1 saturated heterocycles. The van der Waals surface area contributed by atoms with Crippen molar-refractivity contribution in [3.63, 3.8) is 0 Å². The van der Waals surface area contributed by atoms with Crippen molar-refractivity contribution in [2.75, 3.05) is 53.9 Å². The molecule has 0 radical (unpaired) electrons. The molecule has 1 aliphatic heterocycles. The lowest BCUT2D eigenvalue weighted by atomic mass is 10.2. The number of guanidine groups is 1. The van der Waals surface area contributed by atoms with Crippen molar-refractivity contribution < 1.29 is 4.79 Å². The van der Waals surface area contributed by atoms with E-state index >= 15 is 0 Å². The summed E-state index contributed by atoms with van der Waals surface area (Å²) in [6, 6.07) is 0.565. The van der Waals surface area contributed by atoms with Crippen LogP contribution in [-0.2, 0) is 4.79 Å². The monoisotopic (exact) mass is 437 g/mol. The molecule has 6 nitrogen and oxygen atoms in total. The van der Waals surface area contributed by atoms with Crippen LogP contribution in [-0.4, -0.2) is 86.5 Å². The minimum absolute atomic E-state index is 0. The quantitative estimate of drug-likeness (QED) is 0.282. The third kappa shape index (κ3) is 7.52. The molecular weight excluding hydrogens is 405 g/mol. The smallest absolute Gasteiger partial charge is 0.243 e. The molecule has 1 N–H and O–H groups in total. The van der Waals surface area contributed by atoms with Gasteiger partial charge in [-0.1, -0.05) is 13.0 Å². The maximum atomic E-state index is 11.7. The maximum Gasteiger partial charge on any atom is 0.243 e. The molecule has 23 heavy (non-hydrogen) atoms. The molecule has 1 heterocycles. The number of hydrogen-bond acceptors (Lipinski definition) is 3. The van der Waals surface area contributed by atoms with Gasteiger partial charge < -0.3 is 15.1 Å². The molecule has 0 saturated carbocycles. The molecule has 0 bridgehead atoms. The van der Waals surface area contributed by atoms with Gasteiger partial charge in [-0.2, -0.15) is 0 Å². The lowest BCUT2D eigenvalue weighted by molar-refractivity contribution is -0.127. The van der Waals surface area contributed by atoms with Crippen molar-refractivity contribution in [3.8, 4) is 0 Å². The topological polar surface area (TPSA) is 51.2 Å². The Balaban J connectivity index is 0.00000484. The van der Waals surface area contributed by atoms with Crippen LogP contribution in [0.3, 0.4) is 0 Å². The van der Waals surface area contributed by atoms with Crippen molar-refractivity contribution >= 4 is 35.8 Å². The van der Waals surface area contributed by atoms with E-state index < -0.39 is 0 Å². The van der Waals surface area contributed by atoms with E-state index in [-0.39, 0.29) is 36.4 Å². The summed E-state index contributed by atoms with van der Waals surface area (Å²) in [6.07, 6.45) is 4.28. The van der Waals surface area contributed by atoms with E-state index in [1.54, 1.807) is 25.1 Å². The SMILES string of the molecule is C=CCNC(=NCC(=O)N(C)C)N(C)CC1CCCN1CC.I. The predicted molar refractivity (Wildman–Crippen MR) is 108 cm³/mol. The van der Waals surface area contributed by atoms with Gasteiger partial charge >= 0.3 is 0 Å². The van der Waals surface area contributed by atoms with Gasteiger partial charge in [0.05, 0.1) is 0 Å². The maximum absolute atomic E-state index is 11.7. The highest BCUT2D eigenvalue weighted by Gasteiger charge is 2.25. The van der Waals surface area contributed by atoms with Gasteiger partial charge in [0, 0.05) is 40.3 Å². The first-order valence-electron chi connectivity index (χ1n) is 8.04. The number of amides is 1. The zero-order valence-electron chi connectivity index (χ0n) is 14.9. The van der Waals surface area contributed by atoms with E-state index in [2.05, 4.69) is 33.6 Å². The normalized spacial score (nSPS) is 18.3. The van der Waals surface area contributed by atoms with Gasteiger partial charge in [-0.3, -0.25) is 9.69 Å². The number of likely N-dealkylation sites (tertiary alicyclic amines) is 1. The van der Waals surface area contributed by atoms with Crippen LogP contribution in [0.1, 0.15) is 19.8 Å². The average Bonchev–Trinajstić information content (AvgIpc) is 2.93. The second-order valence-electron chi connectivity index (χ2n) is 5.90. The number of hydrogen-bond donors (Lipinski definition) is 1. The molecule has 1 aliphatic rings. The van der Waals surface area contributed by atoms with Crippen LogP contribution in [0.2, 0.25) is 0 Å². The molecule has 0 spiro atoms. The minimum Gasteiger partial charge on any atom is -0.353 e. The summed E-state index contributed by atoms with van der Waals surface area (Å²) >= 11 is 0. The fourth-order valence-corrected chi connectivity index (χ4v) is 2.68. The Morgan fingerprint density at radius 2 is 2.13 bits per heavy atom. The zero-order chi connectivity index (χ0) is 16.5. The Morgan fingerprint density at radius 1 is 1.43 bits per heavy atom. The lowest BCUT2D eigenvalue weighted by Gasteiger charge is -2.29. The number of nitrogens with one attached hydrogen (secondary N) is 1. The van der Waals surface area contributed by atoms with E-state index in [9.17, 15) is 4.79 Å². The van der Waals surface area contributed by atoms with Crippen LogP contribution in [0, 0.1) is 0 Å². The van der Waals surface area contributed by atoms with Gasteiger partial charge in [-0.05, 0) is 25.9 Å². The number of aliphatic imine (C=N–C) groups is 1. The van der Waals surface area contributed by atoms with Gasteiger partial charge in [-0.15, -0.1) is 30.6 Å². The van der Waals surface area contributed by atoms with Crippen molar-refractivity contribution in [1.29, 1.82) is 0 Å². The van der Waals surface area contributed by atoms with Gasteiger partial charge in [0.2, 0.25) is 5.91 Å². The van der Waals surface area contributed by atoms with Gasteiger partial charge in [-0.25, -0.2) is 4.99 Å². The number of halogens is 1. The summed E-state index contributed by atoms with van der Waals surface area (Å²) in [7, 11) is 5.52. The van der Waals surface area contributed by atoms with E-state index in [1.807, 2.05) is 7.05 Å². The highest BCUT2D eigenvalue weighted by Crippen LogP contribution is 2.17. The van der Waals surface area contributed by atoms with Gasteiger partial charge in [0.15, 0.2) is 5.96 Å². The highest BCUT2D eigenvalue weighted by molar-refractivity contribution is 14.0. The Labute approximate surface area is 158 Å². The fourth-order valence-electron chi connectivity index (χ4n) is 2.68. The van der Waals surface area contributed by atoms with Crippen molar-refractivity contribution in [2.24, 2.45) is 4.99 Å². The second-order valence-corrected chi connectivity index (χ2v) is 5.90. The number of carbonyl (C=O) groups excluding carboxylic acids is 1. The average molecular weight is 437 g/mol. The van der Waals surface area contributed by atoms with E-state index in [0.717, 1.165) is 19.0 Å². The van der Waals surface area contributed by atoms with E-state index in [4.69, 9.17) is 0 Å². The van der Waals surface area contributed by atoms with E-state index in [0.29, 0.717) is 12.6 Å². The van der Waals surface area contributed by atoms with Crippen LogP contribution in [0.25, 0.3) is 0 Å². The molecule has 7 heteroatoms. The Kier molecular flexibility index (Phi) is 11.2. The van der Waals surface area contributed by atoms with Crippen molar-refractivity contribution in [2.45, 2.75) is 25.8 Å². The summed E-state index contributed by atoms with van der Waals surface area (Å²) in [5, 5.41) is 3.24. The molecule has 1 amide bonds. The van der Waals surface area contributed by atoms with Crippen LogP contribution in [0.4, 0.5) is 0 Å². The summed E-state index contributed by atoms with van der Waals surface area (Å²) in [5.74, 6) is 0.764. The third-order valence-corrected chi connectivity index (χ3v) is 4.02. The van der Waals surface area contributed by atoms with Crippen molar-refractivity contribution in [1.82, 2.24) is 20.0 Å². The van der Waals surface area contributed by atoms with Gasteiger partial charge in [0.25, 0.3) is 0 Å². The minimum atomic E-state index is 0. The summed E-state index contributed by atoms with van der Waals surface area (Å²) in [5.41, 5.74) is 0. The highest BCUT2D eigenvalue weighted by atomic mass is 127. The van der Waals surface area contributed by atoms with Crippen molar-refractivity contribution in [3.05, 3.63) is 12.7 Å². The molecule has 1 fully saturated rings. The Bertz CT molecular complexity index is 400. The fraction of sp³-hybridized carbons (Fsp3) is 0.750. The Hall–Kier alpha value is -0.830. The lowest BCUT2D eigenvalue weighted by Crippen LogP contribution is -2.46. The summed E-state index contributed by atoms with van der Waals surface area (Å²) < 4.78 is 0. The molecule has 0 aromatic carbocycles. The van der Waals surface area contributed by atoms with E-state index in [1.165, 1.54) is 19.4 Å².